The van der Waals surface area contributed by atoms with Gasteiger partial charge in [0, 0.05) is 18.9 Å². The van der Waals surface area contributed by atoms with E-state index in [4.69, 9.17) is 10.2 Å². The quantitative estimate of drug-likeness (QED) is 0.662. The number of rotatable bonds is 7. The zero-order valence-corrected chi connectivity index (χ0v) is 13.8. The highest BCUT2D eigenvalue weighted by atomic mass is 32.2. The molecule has 2 N–H and O–H groups in total. The molecule has 0 aliphatic heterocycles. The number of oxazole rings is 1. The molecule has 1 amide bonds. The van der Waals surface area contributed by atoms with Gasteiger partial charge in [0.05, 0.1) is 5.75 Å². The number of nitrogens with two attached hydrogens (primary N) is 1. The van der Waals surface area contributed by atoms with E-state index < -0.39 is 0 Å². The Hall–Kier alpha value is -2.35. The van der Waals surface area contributed by atoms with Gasteiger partial charge in [0.2, 0.25) is 11.8 Å². The number of carbonyl (C=O) groups excluding carboxylic acids is 1. The lowest BCUT2D eigenvalue weighted by Crippen LogP contribution is -2.15. The molecule has 1 aliphatic rings. The molecule has 0 bridgehead atoms. The van der Waals surface area contributed by atoms with Crippen LogP contribution in [0.15, 0.2) is 33.8 Å². The van der Waals surface area contributed by atoms with Gasteiger partial charge in [-0.1, -0.05) is 23.9 Å². The molecule has 0 spiro atoms. The normalized spacial score (nSPS) is 14.3. The van der Waals surface area contributed by atoms with Crippen LogP contribution in [-0.2, 0) is 17.1 Å². The van der Waals surface area contributed by atoms with Crippen LogP contribution in [0, 0.1) is 0 Å². The minimum Gasteiger partial charge on any atom is -0.440 e. The molecule has 1 aromatic carbocycles. The largest absolute Gasteiger partial charge is 0.440 e. The maximum Gasteiger partial charge on any atom is 0.219 e. The van der Waals surface area contributed by atoms with Crippen LogP contribution in [-0.4, -0.2) is 25.7 Å². The molecule has 8 heteroatoms. The van der Waals surface area contributed by atoms with Gasteiger partial charge in [-0.25, -0.2) is 4.98 Å². The first-order chi connectivity index (χ1) is 11.7. The number of carbonyl (C=O) groups is 1. The van der Waals surface area contributed by atoms with Gasteiger partial charge >= 0.3 is 0 Å². The highest BCUT2D eigenvalue weighted by Gasteiger charge is 2.30. The summed E-state index contributed by atoms with van der Waals surface area (Å²) in [6.07, 6.45) is 2.54. The Balaban J connectivity index is 1.51. The summed E-state index contributed by atoms with van der Waals surface area (Å²) < 4.78 is 7.74. The van der Waals surface area contributed by atoms with Gasteiger partial charge < -0.3 is 14.7 Å². The van der Waals surface area contributed by atoms with Crippen LogP contribution in [0.5, 0.6) is 0 Å². The Morgan fingerprint density at radius 2 is 2.17 bits per heavy atom. The molecule has 4 rings (SSSR count). The zero-order valence-electron chi connectivity index (χ0n) is 13.0. The number of para-hydroxylation sites is 2. The van der Waals surface area contributed by atoms with E-state index in [0.717, 1.165) is 34.9 Å². The highest BCUT2D eigenvalue weighted by Crippen LogP contribution is 2.40. The summed E-state index contributed by atoms with van der Waals surface area (Å²) >= 11 is 1.51. The van der Waals surface area contributed by atoms with Gasteiger partial charge in [-0.3, -0.25) is 4.79 Å². The SMILES string of the molecule is NC(=O)CCn1c(SCc2nc3ccccc3o2)nnc1C1CC1. The van der Waals surface area contributed by atoms with Crippen LogP contribution in [0.3, 0.4) is 0 Å². The second-order valence-electron chi connectivity index (χ2n) is 5.85. The predicted molar refractivity (Wildman–Crippen MR) is 89.4 cm³/mol. The summed E-state index contributed by atoms with van der Waals surface area (Å²) in [6, 6.07) is 7.68. The second kappa shape index (κ2) is 6.27. The summed E-state index contributed by atoms with van der Waals surface area (Å²) in [6.45, 7) is 0.518. The van der Waals surface area contributed by atoms with E-state index in [1.54, 1.807) is 0 Å². The first-order valence-electron chi connectivity index (χ1n) is 7.89. The van der Waals surface area contributed by atoms with Gasteiger partial charge in [-0.2, -0.15) is 0 Å². The topological polar surface area (TPSA) is 99.8 Å². The Kier molecular flexibility index (Phi) is 3.97. The maximum absolute atomic E-state index is 11.1. The van der Waals surface area contributed by atoms with Crippen molar-refractivity contribution in [3.63, 3.8) is 0 Å². The molecular formula is C16H17N5O2S. The number of primary amides is 1. The number of benzene rings is 1. The molecule has 124 valence electrons. The van der Waals surface area contributed by atoms with Crippen LogP contribution >= 0.6 is 11.8 Å². The van der Waals surface area contributed by atoms with Crippen molar-refractivity contribution in [3.05, 3.63) is 36.0 Å². The first kappa shape index (κ1) is 15.2. The van der Waals surface area contributed by atoms with Crippen molar-refractivity contribution in [2.75, 3.05) is 0 Å². The fourth-order valence-electron chi connectivity index (χ4n) is 2.59. The van der Waals surface area contributed by atoms with E-state index in [2.05, 4.69) is 15.2 Å². The van der Waals surface area contributed by atoms with Crippen LogP contribution < -0.4 is 5.73 Å². The van der Waals surface area contributed by atoms with Crippen molar-refractivity contribution >= 4 is 28.8 Å². The predicted octanol–water partition coefficient (Wildman–Crippen LogP) is 2.46. The molecule has 7 nitrogen and oxygen atoms in total. The molecular weight excluding hydrogens is 326 g/mol. The molecule has 24 heavy (non-hydrogen) atoms. The minimum atomic E-state index is -0.319. The van der Waals surface area contributed by atoms with Gasteiger partial charge in [0.1, 0.15) is 11.3 Å². The lowest BCUT2D eigenvalue weighted by molar-refractivity contribution is -0.118. The van der Waals surface area contributed by atoms with Gasteiger partial charge in [-0.15, -0.1) is 10.2 Å². The van der Waals surface area contributed by atoms with Gasteiger partial charge in [0.15, 0.2) is 10.7 Å². The highest BCUT2D eigenvalue weighted by molar-refractivity contribution is 7.98. The number of hydrogen-bond donors (Lipinski definition) is 1. The Morgan fingerprint density at radius 3 is 2.92 bits per heavy atom. The minimum absolute atomic E-state index is 0.286. The summed E-state index contributed by atoms with van der Waals surface area (Å²) in [5.74, 6) is 2.31. The molecule has 3 aromatic rings. The van der Waals surface area contributed by atoms with Crippen LogP contribution in [0.1, 0.15) is 36.9 Å². The van der Waals surface area contributed by atoms with Crippen molar-refractivity contribution in [3.8, 4) is 0 Å². The van der Waals surface area contributed by atoms with Crippen molar-refractivity contribution in [2.45, 2.75) is 42.6 Å². The molecule has 0 unspecified atom stereocenters. The lowest BCUT2D eigenvalue weighted by Gasteiger charge is -2.07. The summed E-state index contributed by atoms with van der Waals surface area (Å²) in [5, 5.41) is 9.36. The molecule has 1 aliphatic carbocycles. The molecule has 0 saturated heterocycles. The Bertz CT molecular complexity index is 851. The average molecular weight is 343 g/mol. The van der Waals surface area contributed by atoms with E-state index in [9.17, 15) is 4.79 Å². The van der Waals surface area contributed by atoms with Gasteiger partial charge in [-0.05, 0) is 25.0 Å². The number of nitrogens with zero attached hydrogens (tertiary/aromatic N) is 4. The van der Waals surface area contributed by atoms with Crippen LogP contribution in [0.4, 0.5) is 0 Å². The third-order valence-corrected chi connectivity index (χ3v) is 4.88. The zero-order chi connectivity index (χ0) is 16.5. The maximum atomic E-state index is 11.1. The molecule has 1 saturated carbocycles. The van der Waals surface area contributed by atoms with E-state index in [1.165, 1.54) is 11.8 Å². The Morgan fingerprint density at radius 1 is 1.33 bits per heavy atom. The first-order valence-corrected chi connectivity index (χ1v) is 8.88. The Labute approximate surface area is 142 Å². The lowest BCUT2D eigenvalue weighted by atomic mass is 10.3. The molecule has 2 aromatic heterocycles. The van der Waals surface area contributed by atoms with Crippen molar-refractivity contribution in [2.24, 2.45) is 5.73 Å². The number of thioether (sulfide) groups is 1. The molecule has 1 fully saturated rings. The fraction of sp³-hybridized carbons (Fsp3) is 0.375. The number of amides is 1. The number of aromatic nitrogens is 4. The number of hydrogen-bond acceptors (Lipinski definition) is 6. The van der Waals surface area contributed by atoms with E-state index in [1.807, 2.05) is 28.8 Å². The smallest absolute Gasteiger partial charge is 0.219 e. The van der Waals surface area contributed by atoms with E-state index in [-0.39, 0.29) is 12.3 Å². The van der Waals surface area contributed by atoms with Crippen molar-refractivity contribution in [1.29, 1.82) is 0 Å². The summed E-state index contributed by atoms with van der Waals surface area (Å²) in [5.41, 5.74) is 6.91. The van der Waals surface area contributed by atoms with E-state index >= 15 is 0 Å². The van der Waals surface area contributed by atoms with Crippen molar-refractivity contribution < 1.29 is 9.21 Å². The summed E-state index contributed by atoms with van der Waals surface area (Å²) in [4.78, 5) is 15.6. The average Bonchev–Trinajstić information content (AvgIpc) is 3.20. The molecule has 0 radical (unpaired) electrons. The third kappa shape index (κ3) is 3.14. The summed E-state index contributed by atoms with van der Waals surface area (Å²) in [7, 11) is 0. The fourth-order valence-corrected chi connectivity index (χ4v) is 3.41. The van der Waals surface area contributed by atoms with E-state index in [0.29, 0.717) is 24.1 Å². The number of fused-ring (bicyclic) bond motifs is 1. The monoisotopic (exact) mass is 343 g/mol. The van der Waals surface area contributed by atoms with Crippen LogP contribution in [0.2, 0.25) is 0 Å². The van der Waals surface area contributed by atoms with Crippen LogP contribution in [0.25, 0.3) is 11.1 Å². The second-order valence-corrected chi connectivity index (χ2v) is 6.79. The third-order valence-electron chi connectivity index (χ3n) is 3.93. The standard InChI is InChI=1S/C16H17N5O2S/c17-13(22)7-8-21-15(10-5-6-10)19-20-16(21)24-9-14-18-11-3-1-2-4-12(11)23-14/h1-4,10H,5-9H2,(H2,17,22). The van der Waals surface area contributed by atoms with Crippen molar-refractivity contribution in [1.82, 2.24) is 19.7 Å². The molecule has 2 heterocycles. The molecule has 0 atom stereocenters. The van der Waals surface area contributed by atoms with Gasteiger partial charge in [0.25, 0.3) is 0 Å².